The van der Waals surface area contributed by atoms with Crippen molar-refractivity contribution in [3.05, 3.63) is 59.7 Å². The van der Waals surface area contributed by atoms with E-state index in [0.717, 1.165) is 30.4 Å². The molecule has 0 heterocycles. The second-order valence-corrected chi connectivity index (χ2v) is 8.89. The van der Waals surface area contributed by atoms with Gasteiger partial charge in [0.05, 0.1) is 11.7 Å². The summed E-state index contributed by atoms with van der Waals surface area (Å²) in [5.41, 5.74) is 4.15. The van der Waals surface area contributed by atoms with Gasteiger partial charge in [0, 0.05) is 0 Å². The number of carbonyl (C=O) groups excluding carboxylic acids is 1. The Morgan fingerprint density at radius 3 is 1.91 bits per heavy atom. The maximum absolute atomic E-state index is 12.3. The lowest BCUT2D eigenvalue weighted by atomic mass is 10.00. The van der Waals surface area contributed by atoms with Crippen molar-refractivity contribution in [3.63, 3.8) is 0 Å². The van der Waals surface area contributed by atoms with E-state index in [1.54, 1.807) is 12.1 Å². The molecule has 3 nitrogen and oxygen atoms in total. The standard InChI is InChI=1S/C29H42O3/c1-3-5-7-9-10-11-13-24-15-17-25(18-16-24)26-19-21-27(22-20-26)29(31)32-23-28(30)14-12-8-6-4-2/h15-22,28,30H,3-14,23H2,1-2H3. The molecule has 0 saturated carbocycles. The highest BCUT2D eigenvalue weighted by Crippen LogP contribution is 2.22. The Bertz CT molecular complexity index is 749. The smallest absolute Gasteiger partial charge is 0.338 e. The minimum atomic E-state index is -0.579. The molecule has 0 amide bonds. The van der Waals surface area contributed by atoms with E-state index in [1.807, 2.05) is 12.1 Å². The molecule has 0 spiro atoms. The zero-order valence-corrected chi connectivity index (χ0v) is 20.2. The lowest BCUT2D eigenvalue weighted by molar-refractivity contribution is 0.0233. The van der Waals surface area contributed by atoms with Crippen LogP contribution in [0.15, 0.2) is 48.5 Å². The lowest BCUT2D eigenvalue weighted by Gasteiger charge is -2.11. The minimum absolute atomic E-state index is 0.0623. The Labute approximate surface area is 195 Å². The zero-order chi connectivity index (χ0) is 23.0. The quantitative estimate of drug-likeness (QED) is 0.215. The van der Waals surface area contributed by atoms with Crippen molar-refractivity contribution < 1.29 is 14.6 Å². The van der Waals surface area contributed by atoms with Gasteiger partial charge in [-0.3, -0.25) is 0 Å². The average Bonchev–Trinajstić information content (AvgIpc) is 2.83. The number of ether oxygens (including phenoxy) is 1. The van der Waals surface area contributed by atoms with Crippen molar-refractivity contribution in [1.29, 1.82) is 0 Å². The second-order valence-electron chi connectivity index (χ2n) is 8.89. The Hall–Kier alpha value is -2.13. The number of esters is 1. The first-order chi connectivity index (χ1) is 15.6. The van der Waals surface area contributed by atoms with Crippen LogP contribution in [0.5, 0.6) is 0 Å². The van der Waals surface area contributed by atoms with Gasteiger partial charge in [-0.15, -0.1) is 0 Å². The molecular formula is C29H42O3. The molecule has 2 rings (SSSR count). The van der Waals surface area contributed by atoms with Crippen molar-refractivity contribution >= 4 is 5.97 Å². The van der Waals surface area contributed by atoms with E-state index in [4.69, 9.17) is 4.74 Å². The number of aliphatic hydroxyl groups is 1. The van der Waals surface area contributed by atoms with Gasteiger partial charge in [0.15, 0.2) is 0 Å². The molecule has 0 saturated heterocycles. The van der Waals surface area contributed by atoms with Crippen LogP contribution in [0.1, 0.15) is 100 Å². The number of unbranched alkanes of at least 4 members (excludes halogenated alkanes) is 8. The van der Waals surface area contributed by atoms with Crippen LogP contribution < -0.4 is 0 Å². The van der Waals surface area contributed by atoms with E-state index in [-0.39, 0.29) is 12.6 Å². The number of benzene rings is 2. The number of carbonyl (C=O) groups is 1. The normalized spacial score (nSPS) is 12.0. The summed E-state index contributed by atoms with van der Waals surface area (Å²) in [5, 5.41) is 9.98. The van der Waals surface area contributed by atoms with Crippen LogP contribution in [-0.4, -0.2) is 23.8 Å². The van der Waals surface area contributed by atoms with Crippen molar-refractivity contribution in [2.24, 2.45) is 0 Å². The summed E-state index contributed by atoms with van der Waals surface area (Å²) in [6.07, 6.45) is 13.6. The Balaban J connectivity index is 1.76. The van der Waals surface area contributed by atoms with Crippen LogP contribution in [0.3, 0.4) is 0 Å². The topological polar surface area (TPSA) is 46.5 Å². The summed E-state index contributed by atoms with van der Waals surface area (Å²) >= 11 is 0. The predicted octanol–water partition coefficient (Wildman–Crippen LogP) is 7.74. The van der Waals surface area contributed by atoms with E-state index in [2.05, 4.69) is 38.1 Å². The van der Waals surface area contributed by atoms with Crippen molar-refractivity contribution in [1.82, 2.24) is 0 Å². The van der Waals surface area contributed by atoms with Gasteiger partial charge in [-0.2, -0.15) is 0 Å². The van der Waals surface area contributed by atoms with Crippen LogP contribution in [-0.2, 0) is 11.2 Å². The summed E-state index contributed by atoms with van der Waals surface area (Å²) in [7, 11) is 0. The van der Waals surface area contributed by atoms with Gasteiger partial charge in [0.25, 0.3) is 0 Å². The molecule has 176 valence electrons. The van der Waals surface area contributed by atoms with E-state index in [9.17, 15) is 9.90 Å². The number of hydrogen-bond donors (Lipinski definition) is 1. The van der Waals surface area contributed by atoms with Crippen molar-refractivity contribution in [2.75, 3.05) is 6.61 Å². The van der Waals surface area contributed by atoms with Crippen LogP contribution in [0, 0.1) is 0 Å². The van der Waals surface area contributed by atoms with Crippen LogP contribution >= 0.6 is 0 Å². The number of hydrogen-bond acceptors (Lipinski definition) is 3. The first kappa shape index (κ1) is 26.1. The fourth-order valence-corrected chi connectivity index (χ4v) is 3.92. The van der Waals surface area contributed by atoms with Crippen LogP contribution in [0.25, 0.3) is 11.1 Å². The molecule has 0 aliphatic rings. The molecule has 1 N–H and O–H groups in total. The van der Waals surface area contributed by atoms with Crippen molar-refractivity contribution in [2.45, 2.75) is 97.0 Å². The molecule has 0 aliphatic heterocycles. The van der Waals surface area contributed by atoms with Crippen LogP contribution in [0.4, 0.5) is 0 Å². The molecule has 0 radical (unpaired) electrons. The fourth-order valence-electron chi connectivity index (χ4n) is 3.92. The first-order valence-corrected chi connectivity index (χ1v) is 12.7. The highest BCUT2D eigenvalue weighted by atomic mass is 16.5. The largest absolute Gasteiger partial charge is 0.459 e. The SMILES string of the molecule is CCCCCCCCc1ccc(-c2ccc(C(=O)OCC(O)CCCCCC)cc2)cc1. The highest BCUT2D eigenvalue weighted by Gasteiger charge is 2.11. The van der Waals surface area contributed by atoms with E-state index < -0.39 is 6.10 Å². The maximum atomic E-state index is 12.3. The molecule has 0 aliphatic carbocycles. The first-order valence-electron chi connectivity index (χ1n) is 12.7. The van der Waals surface area contributed by atoms with E-state index >= 15 is 0 Å². The monoisotopic (exact) mass is 438 g/mol. The Kier molecular flexibility index (Phi) is 12.8. The zero-order valence-electron chi connectivity index (χ0n) is 20.2. The van der Waals surface area contributed by atoms with Gasteiger partial charge < -0.3 is 9.84 Å². The summed E-state index contributed by atoms with van der Waals surface area (Å²) in [6, 6.07) is 16.3. The molecule has 32 heavy (non-hydrogen) atoms. The molecule has 3 heteroatoms. The number of rotatable bonds is 16. The average molecular weight is 439 g/mol. The summed E-state index contributed by atoms with van der Waals surface area (Å²) in [6.45, 7) is 4.48. The van der Waals surface area contributed by atoms with Crippen LogP contribution in [0.2, 0.25) is 0 Å². The van der Waals surface area contributed by atoms with Gasteiger partial charge in [0.1, 0.15) is 6.61 Å². The van der Waals surface area contributed by atoms with Gasteiger partial charge in [-0.1, -0.05) is 108 Å². The molecule has 2 aromatic carbocycles. The third kappa shape index (κ3) is 9.99. The molecule has 1 unspecified atom stereocenters. The summed E-state index contributed by atoms with van der Waals surface area (Å²) < 4.78 is 5.29. The molecular weight excluding hydrogens is 396 g/mol. The number of aliphatic hydroxyl groups excluding tert-OH is 1. The maximum Gasteiger partial charge on any atom is 0.338 e. The molecule has 0 fully saturated rings. The molecule has 2 aromatic rings. The third-order valence-corrected chi connectivity index (χ3v) is 6.02. The summed E-state index contributed by atoms with van der Waals surface area (Å²) in [4.78, 5) is 12.3. The van der Waals surface area contributed by atoms with E-state index in [0.29, 0.717) is 12.0 Å². The van der Waals surface area contributed by atoms with E-state index in [1.165, 1.54) is 56.9 Å². The molecule has 0 aromatic heterocycles. The minimum Gasteiger partial charge on any atom is -0.459 e. The van der Waals surface area contributed by atoms with Gasteiger partial charge in [0.2, 0.25) is 0 Å². The Morgan fingerprint density at radius 2 is 1.28 bits per heavy atom. The van der Waals surface area contributed by atoms with Gasteiger partial charge >= 0.3 is 5.97 Å². The fraction of sp³-hybridized carbons (Fsp3) is 0.552. The lowest BCUT2D eigenvalue weighted by Crippen LogP contribution is -2.18. The van der Waals surface area contributed by atoms with Crippen molar-refractivity contribution in [3.8, 4) is 11.1 Å². The molecule has 1 atom stereocenters. The molecule has 0 bridgehead atoms. The second kappa shape index (κ2) is 15.6. The van der Waals surface area contributed by atoms with Gasteiger partial charge in [-0.05, 0) is 48.1 Å². The third-order valence-electron chi connectivity index (χ3n) is 6.02. The van der Waals surface area contributed by atoms with Gasteiger partial charge in [-0.25, -0.2) is 4.79 Å². The number of aryl methyl sites for hydroxylation is 1. The highest BCUT2D eigenvalue weighted by molar-refractivity contribution is 5.90. The summed E-state index contributed by atoms with van der Waals surface area (Å²) in [5.74, 6) is -0.376. The Morgan fingerprint density at radius 1 is 0.750 bits per heavy atom. The predicted molar refractivity (Wildman–Crippen MR) is 134 cm³/mol.